The maximum atomic E-state index is 12.4. The number of methoxy groups -OCH3 is 1. The number of aromatic nitrogens is 2. The molecular formula is C18H22N2O3. The molecule has 1 heterocycles. The third-order valence-corrected chi connectivity index (χ3v) is 4.49. The third-order valence-electron chi connectivity index (χ3n) is 4.49. The molecule has 0 amide bonds. The number of imidazole rings is 1. The van der Waals surface area contributed by atoms with Gasteiger partial charge in [-0.3, -0.25) is 0 Å². The summed E-state index contributed by atoms with van der Waals surface area (Å²) >= 11 is 0. The van der Waals surface area contributed by atoms with E-state index < -0.39 is 0 Å². The number of hydrogen-bond donors (Lipinski definition) is 0. The monoisotopic (exact) mass is 314 g/mol. The summed E-state index contributed by atoms with van der Waals surface area (Å²) in [6.07, 6.45) is 5.34. The maximum absolute atomic E-state index is 12.4. The fourth-order valence-corrected chi connectivity index (χ4v) is 2.77. The Labute approximate surface area is 136 Å². The number of rotatable bonds is 7. The van der Waals surface area contributed by atoms with Crippen LogP contribution in [0.25, 0.3) is 0 Å². The highest BCUT2D eigenvalue weighted by Gasteiger charge is 2.44. The summed E-state index contributed by atoms with van der Waals surface area (Å²) < 4.78 is 12.6. The molecule has 1 unspecified atom stereocenters. The molecule has 0 N–H and O–H groups in total. The van der Waals surface area contributed by atoms with Crippen molar-refractivity contribution < 1.29 is 14.3 Å². The van der Waals surface area contributed by atoms with E-state index in [1.807, 2.05) is 41.8 Å². The minimum Gasteiger partial charge on any atom is -0.460 e. The van der Waals surface area contributed by atoms with Crippen LogP contribution in [0.2, 0.25) is 0 Å². The summed E-state index contributed by atoms with van der Waals surface area (Å²) in [7, 11) is 1.68. The van der Waals surface area contributed by atoms with Gasteiger partial charge in [-0.25, -0.2) is 9.78 Å². The van der Waals surface area contributed by atoms with Gasteiger partial charge in [0.05, 0.1) is 31.8 Å². The summed E-state index contributed by atoms with van der Waals surface area (Å²) in [6, 6.07) is 10.1. The molecule has 2 aromatic rings. The lowest BCUT2D eigenvalue weighted by Crippen LogP contribution is -2.22. The lowest BCUT2D eigenvalue weighted by Gasteiger charge is -2.18. The van der Waals surface area contributed by atoms with Gasteiger partial charge >= 0.3 is 5.97 Å². The molecule has 1 fully saturated rings. The van der Waals surface area contributed by atoms with Gasteiger partial charge in [-0.05, 0) is 25.3 Å². The van der Waals surface area contributed by atoms with Gasteiger partial charge in [0.1, 0.15) is 5.69 Å². The van der Waals surface area contributed by atoms with E-state index in [0.717, 1.165) is 18.4 Å². The van der Waals surface area contributed by atoms with Crippen molar-refractivity contribution in [3.63, 3.8) is 0 Å². The normalized spacial score (nSPS) is 16.8. The zero-order valence-corrected chi connectivity index (χ0v) is 13.6. The van der Waals surface area contributed by atoms with Gasteiger partial charge in [0.2, 0.25) is 0 Å². The molecule has 1 aliphatic rings. The van der Waals surface area contributed by atoms with E-state index in [1.165, 1.54) is 0 Å². The van der Waals surface area contributed by atoms with Gasteiger partial charge < -0.3 is 14.0 Å². The van der Waals surface area contributed by atoms with Crippen LogP contribution in [0.4, 0.5) is 0 Å². The van der Waals surface area contributed by atoms with Crippen LogP contribution < -0.4 is 0 Å². The first-order valence-corrected chi connectivity index (χ1v) is 7.88. The molecule has 3 rings (SSSR count). The lowest BCUT2D eigenvalue weighted by atomic mass is 10.1. The van der Waals surface area contributed by atoms with Crippen LogP contribution in [-0.4, -0.2) is 35.8 Å². The molecule has 1 saturated carbocycles. The first-order chi connectivity index (χ1) is 11.2. The van der Waals surface area contributed by atoms with E-state index in [1.54, 1.807) is 19.6 Å². The predicted octanol–water partition coefficient (Wildman–Crippen LogP) is 3.08. The van der Waals surface area contributed by atoms with Gasteiger partial charge in [0.25, 0.3) is 0 Å². The highest BCUT2D eigenvalue weighted by atomic mass is 16.5. The Morgan fingerprint density at radius 2 is 2.04 bits per heavy atom. The highest BCUT2D eigenvalue weighted by molar-refractivity contribution is 5.87. The second-order valence-electron chi connectivity index (χ2n) is 6.28. The van der Waals surface area contributed by atoms with Crippen LogP contribution in [0, 0.1) is 5.41 Å². The van der Waals surface area contributed by atoms with Crippen molar-refractivity contribution in [2.24, 2.45) is 5.41 Å². The van der Waals surface area contributed by atoms with Crippen LogP contribution in [0.3, 0.4) is 0 Å². The number of esters is 1. The first kappa shape index (κ1) is 15.7. The first-order valence-electron chi connectivity index (χ1n) is 7.88. The largest absolute Gasteiger partial charge is 0.460 e. The van der Waals surface area contributed by atoms with Crippen molar-refractivity contribution in [1.82, 2.24) is 9.55 Å². The molecule has 0 bridgehead atoms. The van der Waals surface area contributed by atoms with Crippen molar-refractivity contribution in [3.05, 3.63) is 54.1 Å². The number of carbonyl (C=O) groups excluding carboxylic acids is 1. The number of ether oxygens (including phenoxy) is 2. The molecule has 1 atom stereocenters. The van der Waals surface area contributed by atoms with Gasteiger partial charge in [-0.2, -0.15) is 0 Å². The van der Waals surface area contributed by atoms with Gasteiger partial charge in [-0.1, -0.05) is 30.3 Å². The van der Waals surface area contributed by atoms with Gasteiger partial charge in [0.15, 0.2) is 0 Å². The quantitative estimate of drug-likeness (QED) is 0.737. The molecule has 5 nitrogen and oxygen atoms in total. The summed E-state index contributed by atoms with van der Waals surface area (Å²) in [5.74, 6) is -0.326. The molecule has 0 aliphatic heterocycles. The smallest absolute Gasteiger partial charge is 0.356 e. The second kappa shape index (κ2) is 6.54. The predicted molar refractivity (Wildman–Crippen MR) is 86.3 cm³/mol. The maximum Gasteiger partial charge on any atom is 0.356 e. The Bertz CT molecular complexity index is 662. The molecule has 23 heavy (non-hydrogen) atoms. The molecule has 5 heteroatoms. The van der Waals surface area contributed by atoms with Crippen LogP contribution in [0.15, 0.2) is 42.9 Å². The molecule has 1 aromatic heterocycles. The van der Waals surface area contributed by atoms with Gasteiger partial charge in [0, 0.05) is 12.5 Å². The molecule has 0 saturated heterocycles. The van der Waals surface area contributed by atoms with Crippen molar-refractivity contribution in [2.75, 3.05) is 20.3 Å². The number of nitrogens with zero attached hydrogens (tertiary/aromatic N) is 2. The Morgan fingerprint density at radius 1 is 1.30 bits per heavy atom. The summed E-state index contributed by atoms with van der Waals surface area (Å²) in [5.41, 5.74) is 1.63. The topological polar surface area (TPSA) is 53.4 Å². The number of carbonyl (C=O) groups is 1. The number of benzene rings is 1. The minimum atomic E-state index is -0.326. The van der Waals surface area contributed by atoms with Crippen molar-refractivity contribution in [1.29, 1.82) is 0 Å². The summed E-state index contributed by atoms with van der Waals surface area (Å²) in [5, 5.41) is 0. The summed E-state index contributed by atoms with van der Waals surface area (Å²) in [6.45, 7) is 3.09. The highest BCUT2D eigenvalue weighted by Crippen LogP contribution is 2.46. The average molecular weight is 314 g/mol. The Kier molecular flexibility index (Phi) is 4.48. The Hall–Kier alpha value is -2.14. The van der Waals surface area contributed by atoms with Crippen LogP contribution in [0.1, 0.15) is 41.9 Å². The van der Waals surface area contributed by atoms with E-state index in [9.17, 15) is 4.79 Å². The van der Waals surface area contributed by atoms with Gasteiger partial charge in [-0.15, -0.1) is 0 Å². The van der Waals surface area contributed by atoms with Crippen LogP contribution >= 0.6 is 0 Å². The SMILES string of the molecule is COCC1(COC(=O)c2cncn2C(C)c2ccccc2)CC1. The van der Waals surface area contributed by atoms with E-state index >= 15 is 0 Å². The second-order valence-corrected chi connectivity index (χ2v) is 6.28. The molecular weight excluding hydrogens is 292 g/mol. The molecule has 122 valence electrons. The van der Waals surface area contributed by atoms with Crippen molar-refractivity contribution >= 4 is 5.97 Å². The van der Waals surface area contributed by atoms with E-state index in [4.69, 9.17) is 9.47 Å². The van der Waals surface area contributed by atoms with Crippen LogP contribution in [0.5, 0.6) is 0 Å². The fraction of sp³-hybridized carbons (Fsp3) is 0.444. The summed E-state index contributed by atoms with van der Waals surface area (Å²) in [4.78, 5) is 16.5. The molecule has 0 spiro atoms. The lowest BCUT2D eigenvalue weighted by molar-refractivity contribution is 0.0290. The zero-order valence-electron chi connectivity index (χ0n) is 13.6. The molecule has 1 aromatic carbocycles. The Morgan fingerprint density at radius 3 is 2.70 bits per heavy atom. The van der Waals surface area contributed by atoms with Crippen molar-refractivity contribution in [3.8, 4) is 0 Å². The zero-order chi connectivity index (χ0) is 16.3. The Balaban J connectivity index is 1.69. The third kappa shape index (κ3) is 3.45. The van der Waals surface area contributed by atoms with E-state index in [2.05, 4.69) is 4.98 Å². The number of hydrogen-bond acceptors (Lipinski definition) is 4. The fourth-order valence-electron chi connectivity index (χ4n) is 2.77. The average Bonchev–Trinajstić information content (AvgIpc) is 3.17. The molecule has 1 aliphatic carbocycles. The minimum absolute atomic E-state index is 0.0233. The van der Waals surface area contributed by atoms with E-state index in [0.29, 0.717) is 18.9 Å². The van der Waals surface area contributed by atoms with Crippen LogP contribution in [-0.2, 0) is 9.47 Å². The van der Waals surface area contributed by atoms with Crippen molar-refractivity contribution in [2.45, 2.75) is 25.8 Å². The van der Waals surface area contributed by atoms with E-state index in [-0.39, 0.29) is 17.4 Å². The standard InChI is InChI=1S/C18H22N2O3/c1-14(15-6-4-3-5-7-15)20-13-19-10-16(20)17(21)23-12-18(8-9-18)11-22-2/h3-7,10,13-14H,8-9,11-12H2,1-2H3. The molecule has 0 radical (unpaired) electrons.